The third kappa shape index (κ3) is 7.61. The van der Waals surface area contributed by atoms with E-state index in [2.05, 4.69) is 26.0 Å². The second-order valence-corrected chi connectivity index (χ2v) is 7.75. The Morgan fingerprint density at radius 2 is 1.48 bits per heavy atom. The maximum atomic E-state index is 12.7. The van der Waals surface area contributed by atoms with Crippen LogP contribution in [-0.4, -0.2) is 31.4 Å². The van der Waals surface area contributed by atoms with Gasteiger partial charge in [-0.15, -0.1) is 5.10 Å². The van der Waals surface area contributed by atoms with E-state index in [0.29, 0.717) is 26.4 Å². The van der Waals surface area contributed by atoms with E-state index in [4.69, 9.17) is 39.5 Å². The molecule has 3 aromatic carbocycles. The average Bonchev–Trinajstić information content (AvgIpc) is 2.81. The lowest BCUT2D eigenvalue weighted by molar-refractivity contribution is 0.0975. The molecule has 0 heterocycles. The van der Waals surface area contributed by atoms with E-state index in [1.54, 1.807) is 66.9 Å². The van der Waals surface area contributed by atoms with Gasteiger partial charge in [0.15, 0.2) is 0 Å². The van der Waals surface area contributed by atoms with Crippen LogP contribution in [0.25, 0.3) is 0 Å². The van der Waals surface area contributed by atoms with Gasteiger partial charge < -0.3 is 4.74 Å². The van der Waals surface area contributed by atoms with E-state index >= 15 is 0 Å². The molecule has 0 saturated heterocycles. The molecule has 0 radical (unpaired) electrons. The fourth-order valence-corrected chi connectivity index (χ4v) is 2.99. The normalized spacial score (nSPS) is 11.7. The van der Waals surface area contributed by atoms with Crippen molar-refractivity contribution in [3.8, 4) is 5.75 Å². The van der Waals surface area contributed by atoms with Gasteiger partial charge in [0.2, 0.25) is 5.96 Å². The topological polar surface area (TPSA) is 87.4 Å². The highest BCUT2D eigenvalue weighted by atomic mass is 35.5. The number of halogens is 3. The molecule has 2 N–H and O–H groups in total. The molecule has 0 aliphatic rings. The number of carbonyl (C=O) groups excluding carboxylic acids is 1. The molecule has 33 heavy (non-hydrogen) atoms. The SMILES string of the molecule is COc1ccc(C(=O)N/C(=N/N=C/c2ccc(Cl)cc2)N/N=C/c2ccc(Cl)cc2)cc1Cl. The van der Waals surface area contributed by atoms with Crippen LogP contribution in [0, 0.1) is 0 Å². The molecule has 10 heteroatoms. The van der Waals surface area contributed by atoms with Crippen molar-refractivity contribution in [1.82, 2.24) is 10.7 Å². The number of nitrogens with zero attached hydrogens (tertiary/aromatic N) is 3. The van der Waals surface area contributed by atoms with Gasteiger partial charge in [0.1, 0.15) is 5.75 Å². The Bertz CT molecular complexity index is 1190. The molecule has 1 amide bonds. The molecule has 3 rings (SSSR count). The van der Waals surface area contributed by atoms with Crippen LogP contribution in [0.2, 0.25) is 15.1 Å². The van der Waals surface area contributed by atoms with Crippen molar-refractivity contribution in [3.63, 3.8) is 0 Å². The average molecular weight is 503 g/mol. The van der Waals surface area contributed by atoms with Gasteiger partial charge >= 0.3 is 0 Å². The second-order valence-electron chi connectivity index (χ2n) is 6.47. The van der Waals surface area contributed by atoms with Crippen molar-refractivity contribution >= 4 is 59.1 Å². The fraction of sp³-hybridized carbons (Fsp3) is 0.0435. The van der Waals surface area contributed by atoms with E-state index in [1.165, 1.54) is 19.4 Å². The summed E-state index contributed by atoms with van der Waals surface area (Å²) in [7, 11) is 1.49. The summed E-state index contributed by atoms with van der Waals surface area (Å²) < 4.78 is 5.11. The maximum absolute atomic E-state index is 12.7. The third-order valence-electron chi connectivity index (χ3n) is 4.13. The zero-order valence-corrected chi connectivity index (χ0v) is 19.6. The predicted octanol–water partition coefficient (Wildman–Crippen LogP) is 5.40. The Kier molecular flexibility index (Phi) is 8.83. The van der Waals surface area contributed by atoms with Crippen molar-refractivity contribution in [2.45, 2.75) is 0 Å². The summed E-state index contributed by atoms with van der Waals surface area (Å²) in [4.78, 5) is 12.7. The van der Waals surface area contributed by atoms with Gasteiger partial charge in [-0.3, -0.25) is 10.1 Å². The molecular weight excluding hydrogens is 485 g/mol. The molecule has 0 aromatic heterocycles. The molecule has 0 aliphatic heterocycles. The van der Waals surface area contributed by atoms with Crippen molar-refractivity contribution in [2.24, 2.45) is 15.3 Å². The minimum atomic E-state index is -0.464. The van der Waals surface area contributed by atoms with Gasteiger partial charge in [0.05, 0.1) is 24.6 Å². The number of hydrazone groups is 1. The first kappa shape index (κ1) is 24.3. The van der Waals surface area contributed by atoms with Crippen LogP contribution in [0.3, 0.4) is 0 Å². The second kappa shape index (κ2) is 12.0. The predicted molar refractivity (Wildman–Crippen MR) is 134 cm³/mol. The highest BCUT2D eigenvalue weighted by Crippen LogP contribution is 2.24. The van der Waals surface area contributed by atoms with Gasteiger partial charge in [-0.2, -0.15) is 10.2 Å². The lowest BCUT2D eigenvalue weighted by atomic mass is 10.2. The van der Waals surface area contributed by atoms with Crippen LogP contribution >= 0.6 is 34.8 Å². The van der Waals surface area contributed by atoms with Gasteiger partial charge in [-0.25, -0.2) is 5.43 Å². The number of rotatable bonds is 6. The standard InChI is InChI=1S/C23H18Cl3N5O2/c1-33-21-11-6-17(12-20(21)26)22(32)29-23(30-27-13-15-2-7-18(24)8-3-15)31-28-14-16-4-9-19(25)10-5-16/h2-14H,1H3,(H2,29,30,31,32)/b27-13+,28-14+. The number of methoxy groups -OCH3 is 1. The quantitative estimate of drug-likeness (QED) is 0.269. The molecule has 168 valence electrons. The number of hydrogen-bond acceptors (Lipinski definition) is 5. The Morgan fingerprint density at radius 1 is 0.879 bits per heavy atom. The molecule has 0 fully saturated rings. The van der Waals surface area contributed by atoms with Gasteiger partial charge in [0.25, 0.3) is 5.91 Å². The van der Waals surface area contributed by atoms with E-state index in [0.717, 1.165) is 11.1 Å². The zero-order chi connectivity index (χ0) is 23.6. The van der Waals surface area contributed by atoms with Crippen LogP contribution in [0.4, 0.5) is 0 Å². The fourth-order valence-electron chi connectivity index (χ4n) is 2.48. The molecule has 0 aliphatic carbocycles. The first-order chi connectivity index (χ1) is 15.9. The number of amides is 1. The van der Waals surface area contributed by atoms with Crippen molar-refractivity contribution in [1.29, 1.82) is 0 Å². The first-order valence-corrected chi connectivity index (χ1v) is 10.6. The van der Waals surface area contributed by atoms with Crippen LogP contribution in [0.1, 0.15) is 21.5 Å². The van der Waals surface area contributed by atoms with Gasteiger partial charge in [0, 0.05) is 15.6 Å². The van der Waals surface area contributed by atoms with Crippen LogP contribution in [-0.2, 0) is 0 Å². The number of hydrogen-bond donors (Lipinski definition) is 2. The van der Waals surface area contributed by atoms with E-state index in [1.807, 2.05) is 0 Å². The van der Waals surface area contributed by atoms with Gasteiger partial charge in [-0.05, 0) is 53.6 Å². The van der Waals surface area contributed by atoms with E-state index in [-0.39, 0.29) is 5.96 Å². The summed E-state index contributed by atoms with van der Waals surface area (Å²) in [6.45, 7) is 0. The van der Waals surface area contributed by atoms with Gasteiger partial charge in [-0.1, -0.05) is 59.1 Å². The summed E-state index contributed by atoms with van der Waals surface area (Å²) in [5.74, 6) is -0.00285. The lowest BCUT2D eigenvalue weighted by Gasteiger charge is -2.08. The number of carbonyl (C=O) groups is 1. The molecule has 0 spiro atoms. The molecule has 0 saturated carbocycles. The van der Waals surface area contributed by atoms with Crippen LogP contribution in [0.5, 0.6) is 5.75 Å². The summed E-state index contributed by atoms with van der Waals surface area (Å²) in [5, 5.41) is 16.3. The summed E-state index contributed by atoms with van der Waals surface area (Å²) >= 11 is 17.9. The zero-order valence-electron chi connectivity index (χ0n) is 17.3. The summed E-state index contributed by atoms with van der Waals surface area (Å²) in [5.41, 5.74) is 4.56. The maximum Gasteiger partial charge on any atom is 0.258 e. The Morgan fingerprint density at radius 3 is 2.06 bits per heavy atom. The van der Waals surface area contributed by atoms with E-state index < -0.39 is 5.91 Å². The molecule has 0 bridgehead atoms. The Labute approximate surface area is 205 Å². The minimum Gasteiger partial charge on any atom is -0.495 e. The summed E-state index contributed by atoms with van der Waals surface area (Å²) in [6.07, 6.45) is 3.06. The van der Waals surface area contributed by atoms with Crippen molar-refractivity contribution < 1.29 is 9.53 Å². The molecule has 0 unspecified atom stereocenters. The highest BCUT2D eigenvalue weighted by molar-refractivity contribution is 6.32. The van der Waals surface area contributed by atoms with Crippen LogP contribution in [0.15, 0.2) is 82.0 Å². The molecule has 0 atom stereocenters. The lowest BCUT2D eigenvalue weighted by Crippen LogP contribution is -2.38. The molecular formula is C23H18Cl3N5O2. The van der Waals surface area contributed by atoms with Crippen molar-refractivity contribution in [3.05, 3.63) is 98.5 Å². The number of guanidine groups is 1. The molecule has 7 nitrogen and oxygen atoms in total. The number of ether oxygens (including phenoxy) is 1. The van der Waals surface area contributed by atoms with Crippen LogP contribution < -0.4 is 15.5 Å². The highest BCUT2D eigenvalue weighted by Gasteiger charge is 2.11. The minimum absolute atomic E-state index is 0.00219. The Hall–Kier alpha value is -3.39. The smallest absolute Gasteiger partial charge is 0.258 e. The third-order valence-corrected chi connectivity index (χ3v) is 4.93. The van der Waals surface area contributed by atoms with E-state index in [9.17, 15) is 4.79 Å². The van der Waals surface area contributed by atoms with Crippen molar-refractivity contribution in [2.75, 3.05) is 7.11 Å². The summed E-state index contributed by atoms with van der Waals surface area (Å²) in [6, 6.07) is 18.8. The largest absolute Gasteiger partial charge is 0.495 e. The number of benzene rings is 3. The number of nitrogens with one attached hydrogen (secondary N) is 2. The first-order valence-electron chi connectivity index (χ1n) is 9.51. The molecule has 3 aromatic rings. The monoisotopic (exact) mass is 501 g/mol. The Balaban J connectivity index is 1.77.